The van der Waals surface area contributed by atoms with Crippen molar-refractivity contribution in [3.63, 3.8) is 0 Å². The number of hydrogen-bond acceptors (Lipinski definition) is 4. The molecule has 1 N–H and O–H groups in total. The first-order valence-corrected chi connectivity index (χ1v) is 8.36. The Morgan fingerprint density at radius 1 is 1.25 bits per heavy atom. The van der Waals surface area contributed by atoms with E-state index in [1.54, 1.807) is 18.2 Å². The van der Waals surface area contributed by atoms with Crippen LogP contribution in [-0.2, 0) is 4.79 Å². The summed E-state index contributed by atoms with van der Waals surface area (Å²) >= 11 is 0. The SMILES string of the molecule is COc1ccc(OCC(=O)NCCC2=CCCCC2)c(C(C)=O)c1. The molecule has 2 rings (SSSR count). The molecule has 0 saturated heterocycles. The molecular weight excluding hydrogens is 306 g/mol. The maximum absolute atomic E-state index is 11.9. The van der Waals surface area contributed by atoms with Crippen molar-refractivity contribution in [2.75, 3.05) is 20.3 Å². The number of benzene rings is 1. The largest absolute Gasteiger partial charge is 0.497 e. The highest BCUT2D eigenvalue weighted by Gasteiger charge is 2.12. The number of carbonyl (C=O) groups is 2. The molecule has 5 nitrogen and oxygen atoms in total. The van der Waals surface area contributed by atoms with Gasteiger partial charge in [0.15, 0.2) is 12.4 Å². The number of amides is 1. The van der Waals surface area contributed by atoms with E-state index < -0.39 is 0 Å². The van der Waals surface area contributed by atoms with E-state index in [0.29, 0.717) is 23.6 Å². The molecule has 0 heterocycles. The topological polar surface area (TPSA) is 64.6 Å². The van der Waals surface area contributed by atoms with Crippen molar-refractivity contribution < 1.29 is 19.1 Å². The smallest absolute Gasteiger partial charge is 0.257 e. The van der Waals surface area contributed by atoms with Gasteiger partial charge >= 0.3 is 0 Å². The molecule has 1 aliphatic carbocycles. The Hall–Kier alpha value is -2.30. The fourth-order valence-electron chi connectivity index (χ4n) is 2.73. The van der Waals surface area contributed by atoms with Gasteiger partial charge in [-0.05, 0) is 57.2 Å². The van der Waals surface area contributed by atoms with Gasteiger partial charge < -0.3 is 14.8 Å². The quantitative estimate of drug-likeness (QED) is 0.586. The van der Waals surface area contributed by atoms with Gasteiger partial charge in [0, 0.05) is 6.54 Å². The fraction of sp³-hybridized carbons (Fsp3) is 0.474. The number of allylic oxidation sites excluding steroid dienone is 1. The van der Waals surface area contributed by atoms with E-state index in [0.717, 1.165) is 19.3 Å². The van der Waals surface area contributed by atoms with E-state index in [1.165, 1.54) is 32.4 Å². The number of ketones is 1. The third kappa shape index (κ3) is 5.41. The Balaban J connectivity index is 1.80. The molecule has 130 valence electrons. The lowest BCUT2D eigenvalue weighted by molar-refractivity contribution is -0.123. The lowest BCUT2D eigenvalue weighted by Gasteiger charge is -2.14. The second-order valence-electron chi connectivity index (χ2n) is 5.92. The van der Waals surface area contributed by atoms with Gasteiger partial charge in [-0.15, -0.1) is 0 Å². The number of rotatable bonds is 8. The van der Waals surface area contributed by atoms with E-state index >= 15 is 0 Å². The summed E-state index contributed by atoms with van der Waals surface area (Å²) in [6.07, 6.45) is 7.98. The van der Waals surface area contributed by atoms with Crippen LogP contribution in [0, 0.1) is 0 Å². The van der Waals surface area contributed by atoms with Gasteiger partial charge in [-0.3, -0.25) is 9.59 Å². The monoisotopic (exact) mass is 331 g/mol. The van der Waals surface area contributed by atoms with Gasteiger partial charge in [0.25, 0.3) is 5.91 Å². The minimum absolute atomic E-state index is 0.105. The van der Waals surface area contributed by atoms with Gasteiger partial charge in [0.05, 0.1) is 12.7 Å². The second kappa shape index (κ2) is 9.11. The van der Waals surface area contributed by atoms with Crippen molar-refractivity contribution in [1.82, 2.24) is 5.32 Å². The maximum atomic E-state index is 11.9. The second-order valence-corrected chi connectivity index (χ2v) is 5.92. The number of nitrogens with one attached hydrogen (secondary N) is 1. The number of hydrogen-bond donors (Lipinski definition) is 1. The molecule has 0 aliphatic heterocycles. The van der Waals surface area contributed by atoms with Crippen LogP contribution in [0.2, 0.25) is 0 Å². The van der Waals surface area contributed by atoms with Crippen LogP contribution in [0.5, 0.6) is 11.5 Å². The van der Waals surface area contributed by atoms with Crippen LogP contribution in [-0.4, -0.2) is 32.0 Å². The summed E-state index contributed by atoms with van der Waals surface area (Å²) in [6, 6.07) is 4.97. The number of methoxy groups -OCH3 is 1. The van der Waals surface area contributed by atoms with Gasteiger partial charge in [0.2, 0.25) is 0 Å². The van der Waals surface area contributed by atoms with Gasteiger partial charge in [-0.1, -0.05) is 11.6 Å². The fourth-order valence-corrected chi connectivity index (χ4v) is 2.73. The Bertz CT molecular complexity index is 622. The molecule has 5 heteroatoms. The molecule has 0 radical (unpaired) electrons. The summed E-state index contributed by atoms with van der Waals surface area (Å²) in [7, 11) is 1.54. The van der Waals surface area contributed by atoms with E-state index in [4.69, 9.17) is 9.47 Å². The van der Waals surface area contributed by atoms with Crippen LogP contribution < -0.4 is 14.8 Å². The molecule has 1 aromatic carbocycles. The highest BCUT2D eigenvalue weighted by atomic mass is 16.5. The molecule has 0 aromatic heterocycles. The van der Waals surface area contributed by atoms with Crippen LogP contribution in [0.3, 0.4) is 0 Å². The van der Waals surface area contributed by atoms with Crippen molar-refractivity contribution in [2.24, 2.45) is 0 Å². The molecule has 0 saturated carbocycles. The minimum Gasteiger partial charge on any atom is -0.497 e. The highest BCUT2D eigenvalue weighted by Crippen LogP contribution is 2.24. The van der Waals surface area contributed by atoms with Crippen LogP contribution in [0.15, 0.2) is 29.8 Å². The molecule has 0 bridgehead atoms. The summed E-state index contributed by atoms with van der Waals surface area (Å²) in [5.41, 5.74) is 1.84. The average molecular weight is 331 g/mol. The Morgan fingerprint density at radius 2 is 2.08 bits per heavy atom. The van der Waals surface area contributed by atoms with Crippen LogP contribution in [0.4, 0.5) is 0 Å². The zero-order valence-electron chi connectivity index (χ0n) is 14.4. The number of ether oxygens (including phenoxy) is 2. The summed E-state index contributed by atoms with van der Waals surface area (Å²) < 4.78 is 10.6. The molecular formula is C19H25NO4. The predicted molar refractivity (Wildman–Crippen MR) is 92.7 cm³/mol. The summed E-state index contributed by atoms with van der Waals surface area (Å²) in [5.74, 6) is 0.663. The zero-order chi connectivity index (χ0) is 17.4. The summed E-state index contributed by atoms with van der Waals surface area (Å²) in [5, 5.41) is 2.86. The standard InChI is InChI=1S/C19H25NO4/c1-14(21)17-12-16(23-2)8-9-18(17)24-13-19(22)20-11-10-15-6-4-3-5-7-15/h6,8-9,12H,3-5,7,10-11,13H2,1-2H3,(H,20,22). The van der Waals surface area contributed by atoms with Crippen molar-refractivity contribution in [1.29, 1.82) is 0 Å². The number of Topliss-reactive ketones (excluding diaryl/α,β-unsaturated/α-hetero) is 1. The van der Waals surface area contributed by atoms with E-state index in [-0.39, 0.29) is 18.3 Å². The summed E-state index contributed by atoms with van der Waals surface area (Å²) in [6.45, 7) is 1.97. The Kier molecular flexibility index (Phi) is 6.85. The highest BCUT2D eigenvalue weighted by molar-refractivity contribution is 5.97. The lowest BCUT2D eigenvalue weighted by atomic mass is 9.97. The van der Waals surface area contributed by atoms with Crippen LogP contribution >= 0.6 is 0 Å². The Morgan fingerprint density at radius 3 is 2.75 bits per heavy atom. The minimum atomic E-state index is -0.184. The maximum Gasteiger partial charge on any atom is 0.257 e. The van der Waals surface area contributed by atoms with Gasteiger partial charge in [-0.25, -0.2) is 0 Å². The first kappa shape index (κ1) is 18.0. The third-order valence-corrected chi connectivity index (χ3v) is 4.08. The van der Waals surface area contributed by atoms with E-state index in [9.17, 15) is 9.59 Å². The zero-order valence-corrected chi connectivity index (χ0v) is 14.4. The van der Waals surface area contributed by atoms with E-state index in [1.807, 2.05) is 0 Å². The summed E-state index contributed by atoms with van der Waals surface area (Å²) in [4.78, 5) is 23.6. The van der Waals surface area contributed by atoms with Crippen molar-refractivity contribution in [3.05, 3.63) is 35.4 Å². The first-order chi connectivity index (χ1) is 11.6. The number of carbonyl (C=O) groups excluding carboxylic acids is 2. The molecule has 0 fully saturated rings. The predicted octanol–water partition coefficient (Wildman–Crippen LogP) is 3.28. The van der Waals surface area contributed by atoms with Crippen molar-refractivity contribution >= 4 is 11.7 Å². The molecule has 0 spiro atoms. The first-order valence-electron chi connectivity index (χ1n) is 8.36. The molecule has 1 aliphatic rings. The molecule has 24 heavy (non-hydrogen) atoms. The molecule has 1 aromatic rings. The van der Waals surface area contributed by atoms with Crippen molar-refractivity contribution in [2.45, 2.75) is 39.0 Å². The van der Waals surface area contributed by atoms with Crippen molar-refractivity contribution in [3.8, 4) is 11.5 Å². The normalized spacial score (nSPS) is 13.8. The van der Waals surface area contributed by atoms with Gasteiger partial charge in [-0.2, -0.15) is 0 Å². The Labute approximate surface area is 143 Å². The van der Waals surface area contributed by atoms with E-state index in [2.05, 4.69) is 11.4 Å². The van der Waals surface area contributed by atoms with Crippen LogP contribution in [0.25, 0.3) is 0 Å². The lowest BCUT2D eigenvalue weighted by Crippen LogP contribution is -2.30. The van der Waals surface area contributed by atoms with Gasteiger partial charge in [0.1, 0.15) is 11.5 Å². The molecule has 0 unspecified atom stereocenters. The molecule has 1 amide bonds. The molecule has 0 atom stereocenters. The van der Waals surface area contributed by atoms with Crippen LogP contribution in [0.1, 0.15) is 49.4 Å². The average Bonchev–Trinajstić information content (AvgIpc) is 2.60. The third-order valence-electron chi connectivity index (χ3n) is 4.08.